The molecular weight excluding hydrogens is 425 g/mol. The van der Waals surface area contributed by atoms with E-state index in [1.165, 1.54) is 30.5 Å². The number of aromatic nitrogens is 2. The number of nitrogens with zero attached hydrogens (tertiary/aromatic N) is 2. The number of carbonyl (C=O) groups is 2. The lowest BCUT2D eigenvalue weighted by atomic mass is 9.84. The third-order valence-corrected chi connectivity index (χ3v) is 5.30. The van der Waals surface area contributed by atoms with Gasteiger partial charge in [0.2, 0.25) is 5.91 Å². The van der Waals surface area contributed by atoms with E-state index in [1.54, 1.807) is 19.1 Å². The molecule has 0 bridgehead atoms. The van der Waals surface area contributed by atoms with E-state index < -0.39 is 28.1 Å². The molecule has 1 aliphatic heterocycles. The standard InChI is InChI=1S/C20H16FN5O4S/c1-10-19(20(28)24-17-6-12-9-22-25-16(12)8-15(17)21)14(7-18(27)23-10)11-3-2-4-13(5-11)26-31(29)30/h2-6,8-9,14H,7H2,1H3,(H,22,25)(H,23,27)(H,24,28). The molecule has 1 atom stereocenters. The van der Waals surface area contributed by atoms with Gasteiger partial charge in [-0.1, -0.05) is 12.1 Å². The van der Waals surface area contributed by atoms with Crippen LogP contribution in [0.2, 0.25) is 0 Å². The molecule has 2 aromatic carbocycles. The molecule has 1 aliphatic rings. The van der Waals surface area contributed by atoms with E-state index in [0.717, 1.165) is 0 Å². The van der Waals surface area contributed by atoms with E-state index in [1.807, 2.05) is 0 Å². The van der Waals surface area contributed by atoms with Crippen LogP contribution in [0.25, 0.3) is 10.9 Å². The van der Waals surface area contributed by atoms with Gasteiger partial charge in [0.1, 0.15) is 5.82 Å². The van der Waals surface area contributed by atoms with Crippen molar-refractivity contribution < 1.29 is 22.4 Å². The zero-order valence-corrected chi connectivity index (χ0v) is 17.0. The van der Waals surface area contributed by atoms with E-state index in [-0.39, 0.29) is 29.3 Å². The Morgan fingerprint density at radius 3 is 2.87 bits per heavy atom. The van der Waals surface area contributed by atoms with Crippen LogP contribution in [0.3, 0.4) is 0 Å². The van der Waals surface area contributed by atoms with Gasteiger partial charge >= 0.3 is 10.5 Å². The second-order valence-electron chi connectivity index (χ2n) is 6.99. The number of nitrogens with one attached hydrogen (secondary N) is 3. The predicted octanol–water partition coefficient (Wildman–Crippen LogP) is 2.91. The molecule has 1 aromatic heterocycles. The summed E-state index contributed by atoms with van der Waals surface area (Å²) in [4.78, 5) is 25.3. The van der Waals surface area contributed by atoms with Crippen LogP contribution >= 0.6 is 0 Å². The van der Waals surface area contributed by atoms with Crippen molar-refractivity contribution in [3.8, 4) is 0 Å². The second kappa shape index (κ2) is 8.11. The summed E-state index contributed by atoms with van der Waals surface area (Å²) in [5, 5.41) is 12.3. The molecule has 158 valence electrons. The van der Waals surface area contributed by atoms with Gasteiger partial charge in [0.15, 0.2) is 0 Å². The fourth-order valence-electron chi connectivity index (χ4n) is 3.62. The van der Waals surface area contributed by atoms with Crippen LogP contribution < -0.4 is 10.6 Å². The molecule has 31 heavy (non-hydrogen) atoms. The molecule has 0 fully saturated rings. The van der Waals surface area contributed by atoms with E-state index in [0.29, 0.717) is 22.2 Å². The number of benzene rings is 2. The molecule has 1 unspecified atom stereocenters. The van der Waals surface area contributed by atoms with Gasteiger partial charge < -0.3 is 10.6 Å². The van der Waals surface area contributed by atoms with Crippen molar-refractivity contribution in [2.45, 2.75) is 19.3 Å². The van der Waals surface area contributed by atoms with Gasteiger partial charge in [-0.3, -0.25) is 14.7 Å². The highest BCUT2D eigenvalue weighted by Crippen LogP contribution is 2.35. The molecule has 0 spiro atoms. The van der Waals surface area contributed by atoms with E-state index in [4.69, 9.17) is 0 Å². The number of amides is 2. The highest BCUT2D eigenvalue weighted by Gasteiger charge is 2.32. The van der Waals surface area contributed by atoms with Crippen molar-refractivity contribution in [3.05, 3.63) is 65.2 Å². The van der Waals surface area contributed by atoms with Crippen LogP contribution in [0.15, 0.2) is 58.2 Å². The number of aromatic amines is 1. The molecule has 9 nitrogen and oxygen atoms in total. The number of fused-ring (bicyclic) bond motifs is 1. The maximum Gasteiger partial charge on any atom is 0.316 e. The topological polar surface area (TPSA) is 133 Å². The third-order valence-electron chi connectivity index (χ3n) is 4.94. The number of hydrogen-bond acceptors (Lipinski definition) is 6. The van der Waals surface area contributed by atoms with E-state index in [2.05, 4.69) is 25.2 Å². The molecule has 11 heteroatoms. The first-order valence-corrected chi connectivity index (χ1v) is 10.2. The Hall–Kier alpha value is -3.86. The predicted molar refractivity (Wildman–Crippen MR) is 110 cm³/mol. The molecule has 2 amide bonds. The summed E-state index contributed by atoms with van der Waals surface area (Å²) in [6.07, 6.45) is 1.47. The fourth-order valence-corrected chi connectivity index (χ4v) is 3.91. The first kappa shape index (κ1) is 20.4. The second-order valence-corrected chi connectivity index (χ2v) is 7.61. The molecular formula is C20H16FN5O4S. The lowest BCUT2D eigenvalue weighted by Gasteiger charge is -2.27. The number of anilines is 1. The maximum atomic E-state index is 14.5. The van der Waals surface area contributed by atoms with Gasteiger partial charge in [-0.25, -0.2) is 4.39 Å². The van der Waals surface area contributed by atoms with Crippen LogP contribution in [-0.2, 0) is 20.1 Å². The number of carbonyl (C=O) groups excluding carboxylic acids is 2. The molecule has 2 heterocycles. The fraction of sp³-hybridized carbons (Fsp3) is 0.150. The smallest absolute Gasteiger partial charge is 0.316 e. The van der Waals surface area contributed by atoms with E-state index >= 15 is 0 Å². The molecule has 0 aliphatic carbocycles. The van der Waals surface area contributed by atoms with Crippen LogP contribution in [0.5, 0.6) is 0 Å². The minimum absolute atomic E-state index is 0.0275. The van der Waals surface area contributed by atoms with Crippen molar-refractivity contribution in [1.82, 2.24) is 15.5 Å². The average Bonchev–Trinajstić information content (AvgIpc) is 3.14. The summed E-state index contributed by atoms with van der Waals surface area (Å²) in [6.45, 7) is 1.58. The molecule has 0 saturated carbocycles. The summed E-state index contributed by atoms with van der Waals surface area (Å²) in [7, 11) is -2.64. The summed E-state index contributed by atoms with van der Waals surface area (Å²) in [6, 6.07) is 8.94. The van der Waals surface area contributed by atoms with Crippen LogP contribution in [-0.4, -0.2) is 30.4 Å². The maximum absolute atomic E-state index is 14.5. The van der Waals surface area contributed by atoms with Gasteiger partial charge in [-0.05, 0) is 30.7 Å². The SMILES string of the molecule is CC1=C(C(=O)Nc2cc3cn[nH]c3cc2F)C(c2cccc(N=S(=O)=O)c2)CC(=O)N1. The summed E-state index contributed by atoms with van der Waals surface area (Å²) >= 11 is 0. The highest BCUT2D eigenvalue weighted by molar-refractivity contribution is 7.61. The van der Waals surface area contributed by atoms with Gasteiger partial charge in [0.05, 0.1) is 23.1 Å². The number of hydrogen-bond donors (Lipinski definition) is 3. The van der Waals surface area contributed by atoms with Crippen molar-refractivity contribution in [2.75, 3.05) is 5.32 Å². The highest BCUT2D eigenvalue weighted by atomic mass is 32.2. The van der Waals surface area contributed by atoms with E-state index in [9.17, 15) is 22.4 Å². The minimum atomic E-state index is -2.64. The van der Waals surface area contributed by atoms with Gasteiger partial charge in [0.25, 0.3) is 5.91 Å². The number of rotatable bonds is 4. The Balaban J connectivity index is 1.72. The minimum Gasteiger partial charge on any atom is -0.330 e. The summed E-state index contributed by atoms with van der Waals surface area (Å²) in [5.74, 6) is -2.18. The van der Waals surface area contributed by atoms with Gasteiger partial charge in [0, 0.05) is 35.1 Å². The lowest BCUT2D eigenvalue weighted by molar-refractivity contribution is -0.121. The Labute approximate surface area is 177 Å². The number of allylic oxidation sites excluding steroid dienone is 1. The lowest BCUT2D eigenvalue weighted by Crippen LogP contribution is -2.35. The molecule has 0 saturated heterocycles. The molecule has 3 aromatic rings. The monoisotopic (exact) mass is 441 g/mol. The Bertz CT molecular complexity index is 1390. The van der Waals surface area contributed by atoms with Crippen LogP contribution in [0, 0.1) is 5.82 Å². The van der Waals surface area contributed by atoms with Crippen LogP contribution in [0.1, 0.15) is 24.8 Å². The van der Waals surface area contributed by atoms with Crippen molar-refractivity contribution >= 4 is 44.6 Å². The normalized spacial score (nSPS) is 16.2. The Morgan fingerprint density at radius 1 is 1.29 bits per heavy atom. The zero-order valence-electron chi connectivity index (χ0n) is 16.1. The molecule has 0 radical (unpaired) electrons. The summed E-state index contributed by atoms with van der Waals surface area (Å²) in [5.41, 5.74) is 1.75. The summed E-state index contributed by atoms with van der Waals surface area (Å²) < 4.78 is 39.7. The Morgan fingerprint density at radius 2 is 2.10 bits per heavy atom. The molecule has 4 rings (SSSR count). The zero-order chi connectivity index (χ0) is 22.1. The quantitative estimate of drug-likeness (QED) is 0.572. The van der Waals surface area contributed by atoms with Crippen molar-refractivity contribution in [1.29, 1.82) is 0 Å². The first-order valence-electron chi connectivity index (χ1n) is 9.17. The number of halogens is 1. The average molecular weight is 441 g/mol. The molecule has 3 N–H and O–H groups in total. The first-order chi connectivity index (χ1) is 14.8. The van der Waals surface area contributed by atoms with Gasteiger partial charge in [-0.2, -0.15) is 13.5 Å². The van der Waals surface area contributed by atoms with Crippen LogP contribution in [0.4, 0.5) is 15.8 Å². The largest absolute Gasteiger partial charge is 0.330 e. The number of H-pyrrole nitrogens is 1. The van der Waals surface area contributed by atoms with Gasteiger partial charge in [-0.15, -0.1) is 4.36 Å². The third kappa shape index (κ3) is 4.21. The van der Waals surface area contributed by atoms with Crippen molar-refractivity contribution in [2.24, 2.45) is 4.36 Å². The Kier molecular flexibility index (Phi) is 5.34. The van der Waals surface area contributed by atoms with Crippen molar-refractivity contribution in [3.63, 3.8) is 0 Å².